The summed E-state index contributed by atoms with van der Waals surface area (Å²) in [6.07, 6.45) is 4.75. The summed E-state index contributed by atoms with van der Waals surface area (Å²) in [5.41, 5.74) is 6.49. The van der Waals surface area contributed by atoms with Crippen molar-refractivity contribution in [1.29, 1.82) is 0 Å². The third kappa shape index (κ3) is 8.21. The van der Waals surface area contributed by atoms with E-state index < -0.39 is 0 Å². The third-order valence-electron chi connectivity index (χ3n) is 7.25. The van der Waals surface area contributed by atoms with E-state index in [0.717, 1.165) is 38.5 Å². The van der Waals surface area contributed by atoms with Gasteiger partial charge in [-0.1, -0.05) is 72.3 Å². The van der Waals surface area contributed by atoms with Crippen molar-refractivity contribution in [3.05, 3.63) is 107 Å². The zero-order valence-electron chi connectivity index (χ0n) is 23.1. The van der Waals surface area contributed by atoms with Crippen molar-refractivity contribution in [3.8, 4) is 5.75 Å². The third-order valence-corrected chi connectivity index (χ3v) is 7.25. The first-order chi connectivity index (χ1) is 18.0. The molecule has 196 valence electrons. The molecule has 0 radical (unpaired) electrons. The largest absolute Gasteiger partial charge is 0.489 e. The quantitative estimate of drug-likeness (QED) is 0.272. The Bertz CT molecular complexity index is 1110. The van der Waals surface area contributed by atoms with Gasteiger partial charge in [-0.3, -0.25) is 9.80 Å². The van der Waals surface area contributed by atoms with Gasteiger partial charge in [-0.05, 0) is 69.1 Å². The zero-order chi connectivity index (χ0) is 26.0. The van der Waals surface area contributed by atoms with E-state index in [9.17, 15) is 0 Å². The van der Waals surface area contributed by atoms with Crippen LogP contribution < -0.4 is 9.64 Å². The molecular formula is C33H43N3O. The van der Waals surface area contributed by atoms with Gasteiger partial charge in [0.1, 0.15) is 12.4 Å². The lowest BCUT2D eigenvalue weighted by Crippen LogP contribution is -2.44. The Morgan fingerprint density at radius 1 is 0.865 bits per heavy atom. The van der Waals surface area contributed by atoms with Crippen molar-refractivity contribution < 1.29 is 4.74 Å². The monoisotopic (exact) mass is 497 g/mol. The number of benzene rings is 3. The van der Waals surface area contributed by atoms with Crippen LogP contribution in [-0.4, -0.2) is 49.6 Å². The molecule has 4 nitrogen and oxygen atoms in total. The molecule has 1 fully saturated rings. The fraction of sp³-hybridized carbons (Fsp3) is 0.394. The van der Waals surface area contributed by atoms with E-state index >= 15 is 0 Å². The van der Waals surface area contributed by atoms with Crippen LogP contribution >= 0.6 is 0 Å². The highest BCUT2D eigenvalue weighted by Crippen LogP contribution is 2.26. The molecule has 4 rings (SSSR count). The first kappa shape index (κ1) is 27.0. The number of anilines is 1. The van der Waals surface area contributed by atoms with Crippen molar-refractivity contribution in [2.75, 3.05) is 38.6 Å². The molecule has 0 bridgehead atoms. The molecule has 0 spiro atoms. The van der Waals surface area contributed by atoms with Gasteiger partial charge in [-0.2, -0.15) is 0 Å². The minimum Gasteiger partial charge on any atom is -0.489 e. The second kappa shape index (κ2) is 13.5. The molecule has 4 heteroatoms. The molecule has 0 aromatic heterocycles. The fourth-order valence-corrected chi connectivity index (χ4v) is 4.97. The van der Waals surface area contributed by atoms with Gasteiger partial charge in [-0.15, -0.1) is 0 Å². The smallest absolute Gasteiger partial charge is 0.124 e. The first-order valence-corrected chi connectivity index (χ1v) is 13.6. The second-order valence-electron chi connectivity index (χ2n) is 10.7. The van der Waals surface area contributed by atoms with Crippen molar-refractivity contribution in [2.45, 2.75) is 52.4 Å². The predicted octanol–water partition coefficient (Wildman–Crippen LogP) is 6.76. The van der Waals surface area contributed by atoms with Gasteiger partial charge in [0.2, 0.25) is 0 Å². The van der Waals surface area contributed by atoms with E-state index in [4.69, 9.17) is 4.74 Å². The van der Waals surface area contributed by atoms with E-state index in [-0.39, 0.29) is 0 Å². The Morgan fingerprint density at radius 3 is 2.22 bits per heavy atom. The first-order valence-electron chi connectivity index (χ1n) is 13.6. The lowest BCUT2D eigenvalue weighted by atomic mass is 10.0. The molecule has 0 aliphatic carbocycles. The summed E-state index contributed by atoms with van der Waals surface area (Å²) < 4.78 is 6.29. The molecule has 1 saturated heterocycles. The number of nitrogens with zero attached hydrogens (tertiary/aromatic N) is 3. The minimum atomic E-state index is 0.574. The van der Waals surface area contributed by atoms with Crippen LogP contribution in [0.5, 0.6) is 5.75 Å². The summed E-state index contributed by atoms with van der Waals surface area (Å²) in [6, 6.07) is 28.5. The Labute approximate surface area is 224 Å². The van der Waals surface area contributed by atoms with Crippen molar-refractivity contribution in [3.63, 3.8) is 0 Å². The maximum Gasteiger partial charge on any atom is 0.124 e. The molecular weight excluding hydrogens is 454 g/mol. The number of hydrogen-bond acceptors (Lipinski definition) is 4. The highest BCUT2D eigenvalue weighted by molar-refractivity contribution is 5.46. The number of hydrogen-bond donors (Lipinski definition) is 0. The van der Waals surface area contributed by atoms with Crippen LogP contribution in [-0.2, 0) is 19.7 Å². The van der Waals surface area contributed by atoms with E-state index in [0.29, 0.717) is 12.6 Å². The predicted molar refractivity (Wildman–Crippen MR) is 156 cm³/mol. The van der Waals surface area contributed by atoms with Crippen LogP contribution in [0.1, 0.15) is 43.4 Å². The van der Waals surface area contributed by atoms with Crippen LogP contribution in [0.3, 0.4) is 0 Å². The van der Waals surface area contributed by atoms with Gasteiger partial charge in [0.15, 0.2) is 0 Å². The standard InChI is InChI=1S/C33H43N3O/c1-27(2)18-23-36(25-30-12-8-9-13-33(30)37-26-29-10-6-5-7-11-29)32-19-21-35(22-20-32)24-28-14-16-31(17-15-28)34(3)4/h5-18,32H,19-26H2,1-4H3. The van der Waals surface area contributed by atoms with Gasteiger partial charge in [-0.25, -0.2) is 0 Å². The molecule has 3 aromatic rings. The molecule has 0 N–H and O–H groups in total. The fourth-order valence-electron chi connectivity index (χ4n) is 4.97. The average molecular weight is 498 g/mol. The molecule has 0 saturated carbocycles. The molecule has 0 unspecified atom stereocenters. The summed E-state index contributed by atoms with van der Waals surface area (Å²) in [5.74, 6) is 0.993. The van der Waals surface area contributed by atoms with Gasteiger partial charge in [0.05, 0.1) is 0 Å². The maximum atomic E-state index is 6.29. The van der Waals surface area contributed by atoms with Gasteiger partial charge in [0, 0.05) is 51.0 Å². The Morgan fingerprint density at radius 2 is 1.54 bits per heavy atom. The van der Waals surface area contributed by atoms with E-state index in [1.807, 2.05) is 6.07 Å². The number of likely N-dealkylation sites (tertiary alicyclic amines) is 1. The van der Waals surface area contributed by atoms with Crippen LogP contribution in [0.4, 0.5) is 5.69 Å². The molecule has 3 aromatic carbocycles. The van der Waals surface area contributed by atoms with Crippen molar-refractivity contribution >= 4 is 5.69 Å². The summed E-state index contributed by atoms with van der Waals surface area (Å²) in [4.78, 5) is 7.42. The zero-order valence-corrected chi connectivity index (χ0v) is 23.1. The molecule has 0 amide bonds. The van der Waals surface area contributed by atoms with Crippen LogP contribution in [0.25, 0.3) is 0 Å². The van der Waals surface area contributed by atoms with E-state index in [1.54, 1.807) is 0 Å². The number of allylic oxidation sites excluding steroid dienone is 1. The summed E-state index contributed by atoms with van der Waals surface area (Å²) in [5, 5.41) is 0. The SMILES string of the molecule is CC(C)=CCN(Cc1ccccc1OCc1ccccc1)C1CCN(Cc2ccc(N(C)C)cc2)CC1. The van der Waals surface area contributed by atoms with Crippen molar-refractivity contribution in [1.82, 2.24) is 9.80 Å². The topological polar surface area (TPSA) is 19.0 Å². The Balaban J connectivity index is 1.38. The molecule has 1 aliphatic rings. The number of piperidine rings is 1. The highest BCUT2D eigenvalue weighted by atomic mass is 16.5. The Kier molecular flexibility index (Phi) is 9.81. The minimum absolute atomic E-state index is 0.574. The number of para-hydroxylation sites is 1. The van der Waals surface area contributed by atoms with Crippen LogP contribution in [0.2, 0.25) is 0 Å². The van der Waals surface area contributed by atoms with Gasteiger partial charge >= 0.3 is 0 Å². The lowest BCUT2D eigenvalue weighted by molar-refractivity contribution is 0.107. The number of ether oxygens (including phenoxy) is 1. The van der Waals surface area contributed by atoms with E-state index in [2.05, 4.69) is 122 Å². The second-order valence-corrected chi connectivity index (χ2v) is 10.7. The Hall–Kier alpha value is -3.08. The maximum absolute atomic E-state index is 6.29. The summed E-state index contributed by atoms with van der Waals surface area (Å²) in [6.45, 7) is 10.2. The van der Waals surface area contributed by atoms with Gasteiger partial charge < -0.3 is 9.64 Å². The van der Waals surface area contributed by atoms with Crippen LogP contribution in [0.15, 0.2) is 90.5 Å². The summed E-state index contributed by atoms with van der Waals surface area (Å²) >= 11 is 0. The molecule has 0 atom stereocenters. The molecule has 37 heavy (non-hydrogen) atoms. The highest BCUT2D eigenvalue weighted by Gasteiger charge is 2.25. The molecule has 1 heterocycles. The number of rotatable bonds is 11. The molecule has 1 aliphatic heterocycles. The van der Waals surface area contributed by atoms with Gasteiger partial charge in [0.25, 0.3) is 0 Å². The summed E-state index contributed by atoms with van der Waals surface area (Å²) in [7, 11) is 4.18. The van der Waals surface area contributed by atoms with Crippen LogP contribution in [0, 0.1) is 0 Å². The average Bonchev–Trinajstić information content (AvgIpc) is 2.92. The van der Waals surface area contributed by atoms with E-state index in [1.165, 1.54) is 40.8 Å². The lowest BCUT2D eigenvalue weighted by Gasteiger charge is -2.38. The normalized spacial score (nSPS) is 14.5. The van der Waals surface area contributed by atoms with Crippen molar-refractivity contribution in [2.24, 2.45) is 0 Å².